The average Bonchev–Trinajstić information content (AvgIpc) is 2.43. The summed E-state index contributed by atoms with van der Waals surface area (Å²) in [6.45, 7) is 8.84. The maximum absolute atomic E-state index is 11.8. The zero-order valence-electron chi connectivity index (χ0n) is 11.8. The van der Waals surface area contributed by atoms with Gasteiger partial charge in [0.15, 0.2) is 5.78 Å². The Morgan fingerprint density at radius 3 is 2.42 bits per heavy atom. The zero-order chi connectivity index (χ0) is 14.1. The summed E-state index contributed by atoms with van der Waals surface area (Å²) in [5.41, 5.74) is 0.709. The summed E-state index contributed by atoms with van der Waals surface area (Å²) in [6.07, 6.45) is 1.07. The van der Waals surface area contributed by atoms with Gasteiger partial charge in [0.1, 0.15) is 0 Å². The highest BCUT2D eigenvalue weighted by Crippen LogP contribution is 2.09. The second kappa shape index (κ2) is 9.08. The molecule has 1 aromatic rings. The molecule has 19 heavy (non-hydrogen) atoms. The van der Waals surface area contributed by atoms with Crippen molar-refractivity contribution in [1.82, 2.24) is 10.2 Å². The molecule has 0 amide bonds. The molecule has 3 nitrogen and oxygen atoms in total. The Hall–Kier alpha value is -0.900. The van der Waals surface area contributed by atoms with Gasteiger partial charge in [-0.25, -0.2) is 0 Å². The molecular weight excluding hydrogens is 260 g/mol. The molecule has 1 aromatic carbocycles. The van der Waals surface area contributed by atoms with Gasteiger partial charge in [0, 0.05) is 10.6 Å². The first-order valence-corrected chi connectivity index (χ1v) is 7.27. The smallest absolute Gasteiger partial charge is 0.176 e. The van der Waals surface area contributed by atoms with E-state index in [0.717, 1.165) is 32.6 Å². The molecule has 0 atom stereocenters. The predicted molar refractivity (Wildman–Crippen MR) is 81.1 cm³/mol. The van der Waals surface area contributed by atoms with Crippen LogP contribution >= 0.6 is 11.6 Å². The van der Waals surface area contributed by atoms with Crippen LogP contribution in [0, 0.1) is 0 Å². The van der Waals surface area contributed by atoms with Crippen LogP contribution in [0.15, 0.2) is 24.3 Å². The topological polar surface area (TPSA) is 32.3 Å². The molecule has 0 aliphatic carbocycles. The number of hydrogen-bond donors (Lipinski definition) is 1. The van der Waals surface area contributed by atoms with Crippen molar-refractivity contribution in [2.45, 2.75) is 20.3 Å². The number of benzene rings is 1. The molecule has 0 unspecified atom stereocenters. The largest absolute Gasteiger partial charge is 0.310 e. The molecule has 0 aliphatic heterocycles. The van der Waals surface area contributed by atoms with Crippen LogP contribution in [0.4, 0.5) is 0 Å². The Balaban J connectivity index is 2.19. The van der Waals surface area contributed by atoms with Crippen molar-refractivity contribution in [3.05, 3.63) is 34.9 Å². The quantitative estimate of drug-likeness (QED) is 0.558. The van der Waals surface area contributed by atoms with Gasteiger partial charge in [0.05, 0.1) is 6.54 Å². The van der Waals surface area contributed by atoms with E-state index in [9.17, 15) is 4.79 Å². The minimum absolute atomic E-state index is 0.111. The minimum Gasteiger partial charge on any atom is -0.310 e. The first-order chi connectivity index (χ1) is 9.17. The molecule has 0 fully saturated rings. The van der Waals surface area contributed by atoms with E-state index in [2.05, 4.69) is 24.1 Å². The number of rotatable bonds is 9. The first kappa shape index (κ1) is 16.2. The Kier molecular flexibility index (Phi) is 7.72. The summed E-state index contributed by atoms with van der Waals surface area (Å²) < 4.78 is 0. The van der Waals surface area contributed by atoms with E-state index in [4.69, 9.17) is 11.6 Å². The lowest BCUT2D eigenvalue weighted by atomic mass is 10.1. The molecule has 106 valence electrons. The van der Waals surface area contributed by atoms with Crippen LogP contribution < -0.4 is 5.32 Å². The highest BCUT2D eigenvalue weighted by molar-refractivity contribution is 6.30. The van der Waals surface area contributed by atoms with Crippen LogP contribution in [0.1, 0.15) is 30.6 Å². The van der Waals surface area contributed by atoms with Crippen molar-refractivity contribution in [3.63, 3.8) is 0 Å². The fraction of sp³-hybridized carbons (Fsp3) is 0.533. The lowest BCUT2D eigenvalue weighted by Crippen LogP contribution is -2.29. The van der Waals surface area contributed by atoms with Crippen LogP contribution in [0.3, 0.4) is 0 Å². The highest BCUT2D eigenvalue weighted by Gasteiger charge is 2.05. The van der Waals surface area contributed by atoms with E-state index in [0.29, 0.717) is 17.1 Å². The fourth-order valence-electron chi connectivity index (χ4n) is 1.91. The van der Waals surface area contributed by atoms with E-state index in [1.807, 2.05) is 0 Å². The number of carbonyl (C=O) groups is 1. The first-order valence-electron chi connectivity index (χ1n) is 6.89. The summed E-state index contributed by atoms with van der Waals surface area (Å²) in [6, 6.07) is 7.02. The van der Waals surface area contributed by atoms with Crippen molar-refractivity contribution in [2.24, 2.45) is 0 Å². The van der Waals surface area contributed by atoms with E-state index in [-0.39, 0.29) is 5.78 Å². The minimum atomic E-state index is 0.111. The summed E-state index contributed by atoms with van der Waals surface area (Å²) in [4.78, 5) is 14.2. The van der Waals surface area contributed by atoms with Crippen molar-refractivity contribution in [3.8, 4) is 0 Å². The number of halogens is 1. The molecule has 0 saturated carbocycles. The summed E-state index contributed by atoms with van der Waals surface area (Å²) in [5.74, 6) is 0.111. The second-order valence-electron chi connectivity index (χ2n) is 4.49. The molecule has 4 heteroatoms. The molecule has 0 aromatic heterocycles. The van der Waals surface area contributed by atoms with Gasteiger partial charge in [-0.3, -0.25) is 4.79 Å². The average molecular weight is 283 g/mol. The maximum Gasteiger partial charge on any atom is 0.176 e. The molecule has 0 heterocycles. The van der Waals surface area contributed by atoms with Gasteiger partial charge in [-0.05, 0) is 56.9 Å². The SMILES string of the molecule is CCN(CC)CCCNCC(=O)c1ccc(Cl)cc1. The number of carbonyl (C=O) groups excluding carboxylic acids is 1. The lowest BCUT2D eigenvalue weighted by Gasteiger charge is -2.17. The second-order valence-corrected chi connectivity index (χ2v) is 4.92. The summed E-state index contributed by atoms with van der Waals surface area (Å²) >= 11 is 5.79. The van der Waals surface area contributed by atoms with Crippen LogP contribution in [-0.2, 0) is 0 Å². The molecule has 0 saturated heterocycles. The van der Waals surface area contributed by atoms with Gasteiger partial charge in [-0.15, -0.1) is 0 Å². The Morgan fingerprint density at radius 1 is 1.21 bits per heavy atom. The van der Waals surface area contributed by atoms with Gasteiger partial charge < -0.3 is 10.2 Å². The van der Waals surface area contributed by atoms with Crippen LogP contribution in [-0.4, -0.2) is 43.4 Å². The number of hydrogen-bond acceptors (Lipinski definition) is 3. The van der Waals surface area contributed by atoms with Crippen molar-refractivity contribution < 1.29 is 4.79 Å². The van der Waals surface area contributed by atoms with E-state index < -0.39 is 0 Å². The fourth-order valence-corrected chi connectivity index (χ4v) is 2.03. The molecule has 0 spiro atoms. The predicted octanol–water partition coefficient (Wildman–Crippen LogP) is 2.84. The monoisotopic (exact) mass is 282 g/mol. The molecule has 1 N–H and O–H groups in total. The lowest BCUT2D eigenvalue weighted by molar-refractivity contribution is 0.0991. The summed E-state index contributed by atoms with van der Waals surface area (Å²) in [5, 5.41) is 3.85. The van der Waals surface area contributed by atoms with Crippen LogP contribution in [0.25, 0.3) is 0 Å². The van der Waals surface area contributed by atoms with Gasteiger partial charge in [0.2, 0.25) is 0 Å². The van der Waals surface area contributed by atoms with Gasteiger partial charge in [0.25, 0.3) is 0 Å². The standard InChI is InChI=1S/C15H23ClN2O/c1-3-18(4-2)11-5-10-17-12-15(19)13-6-8-14(16)9-7-13/h6-9,17H,3-5,10-12H2,1-2H3. The third-order valence-electron chi connectivity index (χ3n) is 3.17. The molecule has 0 bridgehead atoms. The van der Waals surface area contributed by atoms with Crippen molar-refractivity contribution in [1.29, 1.82) is 0 Å². The zero-order valence-corrected chi connectivity index (χ0v) is 12.5. The molecule has 1 rings (SSSR count). The number of Topliss-reactive ketones (excluding diaryl/α,β-unsaturated/α-hetero) is 1. The number of nitrogens with one attached hydrogen (secondary N) is 1. The van der Waals surface area contributed by atoms with E-state index in [1.165, 1.54) is 0 Å². The van der Waals surface area contributed by atoms with E-state index >= 15 is 0 Å². The maximum atomic E-state index is 11.8. The summed E-state index contributed by atoms with van der Waals surface area (Å²) in [7, 11) is 0. The van der Waals surface area contributed by atoms with Gasteiger partial charge >= 0.3 is 0 Å². The Bertz CT molecular complexity index is 374. The normalized spacial score (nSPS) is 10.9. The molecular formula is C15H23ClN2O. The van der Waals surface area contributed by atoms with Crippen LogP contribution in [0.2, 0.25) is 5.02 Å². The molecule has 0 aliphatic rings. The Labute approximate surface area is 120 Å². The van der Waals surface area contributed by atoms with Gasteiger partial charge in [-0.1, -0.05) is 25.4 Å². The highest BCUT2D eigenvalue weighted by atomic mass is 35.5. The van der Waals surface area contributed by atoms with E-state index in [1.54, 1.807) is 24.3 Å². The van der Waals surface area contributed by atoms with Crippen molar-refractivity contribution in [2.75, 3.05) is 32.7 Å². The van der Waals surface area contributed by atoms with Crippen LogP contribution in [0.5, 0.6) is 0 Å². The number of ketones is 1. The van der Waals surface area contributed by atoms with Gasteiger partial charge in [-0.2, -0.15) is 0 Å². The van der Waals surface area contributed by atoms with Crippen molar-refractivity contribution >= 4 is 17.4 Å². The third-order valence-corrected chi connectivity index (χ3v) is 3.43. The Morgan fingerprint density at radius 2 is 1.84 bits per heavy atom. The molecule has 0 radical (unpaired) electrons. The third kappa shape index (κ3) is 6.19. The number of nitrogens with zero attached hydrogens (tertiary/aromatic N) is 1.